The van der Waals surface area contributed by atoms with Crippen LogP contribution in [0.2, 0.25) is 0 Å². The van der Waals surface area contributed by atoms with Crippen molar-refractivity contribution in [3.63, 3.8) is 0 Å². The molecular formula is C31H38FN3O6S2. The monoisotopic (exact) mass is 631 g/mol. The fraction of sp³-hybridized carbons (Fsp3) is 0.355. The van der Waals surface area contributed by atoms with E-state index in [1.807, 2.05) is 51.1 Å². The summed E-state index contributed by atoms with van der Waals surface area (Å²) >= 11 is 0. The maximum atomic E-state index is 13.5. The van der Waals surface area contributed by atoms with Crippen molar-refractivity contribution in [3.8, 4) is 0 Å². The van der Waals surface area contributed by atoms with Gasteiger partial charge < -0.3 is 15.7 Å². The Balaban J connectivity index is 1.88. The van der Waals surface area contributed by atoms with Crippen LogP contribution in [0.4, 0.5) is 4.39 Å². The van der Waals surface area contributed by atoms with Crippen molar-refractivity contribution >= 4 is 32.6 Å². The molecule has 0 fully saturated rings. The average molecular weight is 632 g/mol. The molecule has 3 rings (SSSR count). The van der Waals surface area contributed by atoms with E-state index in [-0.39, 0.29) is 23.6 Å². The third kappa shape index (κ3) is 11.3. The first-order chi connectivity index (χ1) is 20.1. The van der Waals surface area contributed by atoms with Crippen LogP contribution in [0, 0.1) is 5.82 Å². The number of amides is 2. The number of carbonyl (C=O) groups is 2. The van der Waals surface area contributed by atoms with E-state index < -0.39 is 62.0 Å². The van der Waals surface area contributed by atoms with E-state index in [4.69, 9.17) is 0 Å². The molecule has 4 N–H and O–H groups in total. The van der Waals surface area contributed by atoms with Gasteiger partial charge in [-0.05, 0) is 68.7 Å². The molecule has 43 heavy (non-hydrogen) atoms. The number of aliphatic hydroxyl groups is 1. The van der Waals surface area contributed by atoms with Crippen LogP contribution in [0.5, 0.6) is 0 Å². The van der Waals surface area contributed by atoms with Gasteiger partial charge in [0.15, 0.2) is 0 Å². The quantitative estimate of drug-likeness (QED) is 0.229. The normalized spacial score (nSPS) is 14.7. The van der Waals surface area contributed by atoms with Gasteiger partial charge in [-0.2, -0.15) is 0 Å². The van der Waals surface area contributed by atoms with Crippen LogP contribution in [0.3, 0.4) is 0 Å². The van der Waals surface area contributed by atoms with Gasteiger partial charge in [0.05, 0.1) is 35.0 Å². The van der Waals surface area contributed by atoms with Crippen molar-refractivity contribution in [2.24, 2.45) is 0 Å². The number of halogens is 1. The van der Waals surface area contributed by atoms with Gasteiger partial charge in [-0.25, -0.2) is 17.5 Å². The fourth-order valence-corrected chi connectivity index (χ4v) is 6.37. The standard InChI is InChI=1S/C31H38FN3O6S2/c1-31(2,3)34-29(37)25-13-9-8-12-22(25)19-28(36)26(18-21-10-6-5-7-11-21)33-30(38)27(35-43(4,40)41)20-42(39)24-16-14-23(32)15-17-24/h5-17,26-28,35-36H,18-20H2,1-4H3,(H,33,38)(H,34,37)/t26-,27+,28+,42?/m0/s1. The summed E-state index contributed by atoms with van der Waals surface area (Å²) in [6.07, 6.45) is -0.105. The first-order valence-electron chi connectivity index (χ1n) is 13.7. The molecule has 0 saturated heterocycles. The fourth-order valence-electron chi connectivity index (χ4n) is 4.39. The van der Waals surface area contributed by atoms with Crippen LogP contribution in [-0.2, 0) is 38.5 Å². The van der Waals surface area contributed by atoms with Crippen LogP contribution < -0.4 is 15.4 Å². The Morgan fingerprint density at radius 2 is 1.53 bits per heavy atom. The number of sulfonamides is 1. The Kier molecular flexibility index (Phi) is 11.7. The van der Waals surface area contributed by atoms with Crippen LogP contribution in [0.15, 0.2) is 83.8 Å². The van der Waals surface area contributed by atoms with Gasteiger partial charge in [0.1, 0.15) is 11.9 Å². The number of nitrogens with one attached hydrogen (secondary N) is 3. The Bertz CT molecular complexity index is 1530. The van der Waals surface area contributed by atoms with Gasteiger partial charge in [0.25, 0.3) is 5.91 Å². The molecule has 0 aliphatic rings. The first kappa shape index (κ1) is 34.0. The molecule has 0 aliphatic heterocycles. The van der Waals surface area contributed by atoms with Gasteiger partial charge in [0, 0.05) is 22.4 Å². The van der Waals surface area contributed by atoms with Gasteiger partial charge in [0.2, 0.25) is 15.9 Å². The highest BCUT2D eigenvalue weighted by Gasteiger charge is 2.30. The molecule has 2 amide bonds. The maximum absolute atomic E-state index is 13.5. The molecule has 0 heterocycles. The number of hydrogen-bond donors (Lipinski definition) is 4. The Labute approximate surface area is 254 Å². The molecule has 232 valence electrons. The van der Waals surface area contributed by atoms with E-state index in [0.717, 1.165) is 24.0 Å². The zero-order valence-corrected chi connectivity index (χ0v) is 26.2. The van der Waals surface area contributed by atoms with Crippen molar-refractivity contribution in [2.45, 2.75) is 62.2 Å². The predicted octanol–water partition coefficient (Wildman–Crippen LogP) is 2.71. The number of aliphatic hydroxyl groups excluding tert-OH is 1. The summed E-state index contributed by atoms with van der Waals surface area (Å²) in [6.45, 7) is 5.58. The van der Waals surface area contributed by atoms with Crippen molar-refractivity contribution in [1.82, 2.24) is 15.4 Å². The lowest BCUT2D eigenvalue weighted by Gasteiger charge is -2.28. The number of rotatable bonds is 13. The van der Waals surface area contributed by atoms with E-state index in [2.05, 4.69) is 15.4 Å². The molecule has 0 bridgehead atoms. The molecule has 3 aromatic rings. The Morgan fingerprint density at radius 3 is 2.14 bits per heavy atom. The van der Waals surface area contributed by atoms with Crippen LogP contribution >= 0.6 is 0 Å². The van der Waals surface area contributed by atoms with E-state index in [0.29, 0.717) is 11.1 Å². The van der Waals surface area contributed by atoms with E-state index in [1.165, 1.54) is 12.1 Å². The third-order valence-corrected chi connectivity index (χ3v) is 8.48. The summed E-state index contributed by atoms with van der Waals surface area (Å²) in [5, 5.41) is 17.1. The molecule has 4 atom stereocenters. The maximum Gasteiger partial charge on any atom is 0.251 e. The lowest BCUT2D eigenvalue weighted by Crippen LogP contribution is -2.55. The molecule has 1 unspecified atom stereocenters. The summed E-state index contributed by atoms with van der Waals surface area (Å²) < 4.78 is 52.9. The van der Waals surface area contributed by atoms with Gasteiger partial charge in [-0.3, -0.25) is 13.8 Å². The molecule has 3 aromatic carbocycles. The van der Waals surface area contributed by atoms with Crippen molar-refractivity contribution in [1.29, 1.82) is 0 Å². The first-order valence-corrected chi connectivity index (χ1v) is 16.9. The van der Waals surface area contributed by atoms with Crippen LogP contribution in [0.1, 0.15) is 42.3 Å². The lowest BCUT2D eigenvalue weighted by molar-refractivity contribution is -0.123. The average Bonchev–Trinajstić information content (AvgIpc) is 2.91. The molecule has 0 aromatic heterocycles. The Morgan fingerprint density at radius 1 is 0.930 bits per heavy atom. The second-order valence-corrected chi connectivity index (χ2v) is 14.6. The summed E-state index contributed by atoms with van der Waals surface area (Å²) in [5.74, 6) is -2.05. The van der Waals surface area contributed by atoms with Crippen LogP contribution in [0.25, 0.3) is 0 Å². The van der Waals surface area contributed by atoms with Crippen molar-refractivity contribution < 1.29 is 31.7 Å². The zero-order valence-electron chi connectivity index (χ0n) is 24.5. The number of hydrogen-bond acceptors (Lipinski definition) is 6. The minimum absolute atomic E-state index is 0.0111. The lowest BCUT2D eigenvalue weighted by atomic mass is 9.93. The van der Waals surface area contributed by atoms with Gasteiger partial charge in [-0.1, -0.05) is 48.5 Å². The minimum atomic E-state index is -3.91. The second-order valence-electron chi connectivity index (χ2n) is 11.3. The van der Waals surface area contributed by atoms with Gasteiger partial charge in [-0.15, -0.1) is 0 Å². The molecule has 0 radical (unpaired) electrons. The number of carbonyl (C=O) groups excluding carboxylic acids is 2. The van der Waals surface area contributed by atoms with E-state index in [9.17, 15) is 31.7 Å². The predicted molar refractivity (Wildman–Crippen MR) is 165 cm³/mol. The minimum Gasteiger partial charge on any atom is -0.391 e. The topological polar surface area (TPSA) is 142 Å². The molecular weight excluding hydrogens is 593 g/mol. The highest BCUT2D eigenvalue weighted by Crippen LogP contribution is 2.17. The molecule has 0 saturated carbocycles. The Hall–Kier alpha value is -3.45. The number of benzene rings is 3. The SMILES string of the molecule is CC(C)(C)NC(=O)c1ccccc1C[C@@H](O)[C@H](Cc1ccccc1)NC(=O)[C@@H](CS(=O)c1ccc(F)cc1)NS(C)(=O)=O. The van der Waals surface area contributed by atoms with Crippen LogP contribution in [-0.4, -0.2) is 65.3 Å². The molecule has 12 heteroatoms. The van der Waals surface area contributed by atoms with Gasteiger partial charge >= 0.3 is 0 Å². The molecule has 0 aliphatic carbocycles. The molecule has 0 spiro atoms. The van der Waals surface area contributed by atoms with Crippen molar-refractivity contribution in [3.05, 3.63) is 101 Å². The van der Waals surface area contributed by atoms with Crippen molar-refractivity contribution in [2.75, 3.05) is 12.0 Å². The summed E-state index contributed by atoms with van der Waals surface area (Å²) in [4.78, 5) is 26.7. The smallest absolute Gasteiger partial charge is 0.251 e. The molecule has 9 nitrogen and oxygen atoms in total. The summed E-state index contributed by atoms with van der Waals surface area (Å²) in [6, 6.07) is 18.5. The third-order valence-electron chi connectivity index (χ3n) is 6.34. The largest absolute Gasteiger partial charge is 0.391 e. The zero-order chi connectivity index (χ0) is 31.8. The highest BCUT2D eigenvalue weighted by atomic mass is 32.2. The summed E-state index contributed by atoms with van der Waals surface area (Å²) in [7, 11) is -5.76. The highest BCUT2D eigenvalue weighted by molar-refractivity contribution is 7.89. The van der Waals surface area contributed by atoms with E-state index in [1.54, 1.807) is 24.3 Å². The summed E-state index contributed by atoms with van der Waals surface area (Å²) in [5.41, 5.74) is 1.26. The van der Waals surface area contributed by atoms with E-state index >= 15 is 0 Å². The second kappa shape index (κ2) is 14.8.